The van der Waals surface area contributed by atoms with Gasteiger partial charge in [0.05, 0.1) is 19.3 Å². The van der Waals surface area contributed by atoms with Gasteiger partial charge in [-0.3, -0.25) is 4.79 Å². The minimum atomic E-state index is -0.0658. The molecule has 0 aliphatic rings. The van der Waals surface area contributed by atoms with E-state index in [0.717, 1.165) is 12.1 Å². The normalized spacial score (nSPS) is 11.5. The van der Waals surface area contributed by atoms with Crippen molar-refractivity contribution in [1.29, 1.82) is 0 Å². The zero-order valence-corrected chi connectivity index (χ0v) is 13.8. The summed E-state index contributed by atoms with van der Waals surface area (Å²) in [6, 6.07) is 8.62. The average molecular weight is 300 g/mol. The summed E-state index contributed by atoms with van der Waals surface area (Å²) >= 11 is 0. The standard InChI is InChI=1S/C17H24N4O/c1-13(22)18-10-16-12-21(20-19-16)11-15-7-5-14(6-8-15)9-17(2,3)4/h5-8,12H,9-11H2,1-4H3,(H,18,22). The predicted molar refractivity (Wildman–Crippen MR) is 86.2 cm³/mol. The van der Waals surface area contributed by atoms with Gasteiger partial charge >= 0.3 is 0 Å². The number of carbonyl (C=O) groups is 1. The third kappa shape index (κ3) is 5.31. The number of nitrogens with one attached hydrogen (secondary N) is 1. The van der Waals surface area contributed by atoms with Crippen molar-refractivity contribution in [3.05, 3.63) is 47.3 Å². The van der Waals surface area contributed by atoms with E-state index >= 15 is 0 Å². The molecule has 1 aromatic carbocycles. The molecule has 0 bridgehead atoms. The van der Waals surface area contributed by atoms with Crippen molar-refractivity contribution in [1.82, 2.24) is 20.3 Å². The number of nitrogens with zero attached hydrogens (tertiary/aromatic N) is 3. The molecular weight excluding hydrogens is 276 g/mol. The Balaban J connectivity index is 1.95. The molecule has 0 atom stereocenters. The highest BCUT2D eigenvalue weighted by Crippen LogP contribution is 2.20. The fraction of sp³-hybridized carbons (Fsp3) is 0.471. The van der Waals surface area contributed by atoms with Crippen LogP contribution in [-0.2, 0) is 24.3 Å². The van der Waals surface area contributed by atoms with Crippen LogP contribution in [-0.4, -0.2) is 20.9 Å². The lowest BCUT2D eigenvalue weighted by Gasteiger charge is -2.18. The topological polar surface area (TPSA) is 59.8 Å². The van der Waals surface area contributed by atoms with E-state index < -0.39 is 0 Å². The van der Waals surface area contributed by atoms with E-state index in [1.807, 2.05) is 6.20 Å². The second kappa shape index (κ2) is 6.73. The molecule has 118 valence electrons. The smallest absolute Gasteiger partial charge is 0.217 e. The predicted octanol–water partition coefficient (Wildman–Crippen LogP) is 2.55. The van der Waals surface area contributed by atoms with Crippen molar-refractivity contribution in [3.8, 4) is 0 Å². The molecule has 1 N–H and O–H groups in total. The van der Waals surface area contributed by atoms with Gasteiger partial charge in [-0.1, -0.05) is 50.3 Å². The summed E-state index contributed by atoms with van der Waals surface area (Å²) in [5.41, 5.74) is 3.60. The minimum Gasteiger partial charge on any atom is -0.351 e. The summed E-state index contributed by atoms with van der Waals surface area (Å²) < 4.78 is 1.79. The largest absolute Gasteiger partial charge is 0.351 e. The van der Waals surface area contributed by atoms with Gasteiger partial charge in [-0.05, 0) is 23.0 Å². The molecule has 5 heteroatoms. The molecule has 0 aliphatic heterocycles. The van der Waals surface area contributed by atoms with Crippen LogP contribution < -0.4 is 5.32 Å². The first-order chi connectivity index (χ1) is 10.3. The monoisotopic (exact) mass is 300 g/mol. The summed E-state index contributed by atoms with van der Waals surface area (Å²) in [5, 5.41) is 10.8. The summed E-state index contributed by atoms with van der Waals surface area (Å²) in [7, 11) is 0. The number of rotatable bonds is 5. The lowest BCUT2D eigenvalue weighted by atomic mass is 9.88. The summed E-state index contributed by atoms with van der Waals surface area (Å²) in [4.78, 5) is 10.9. The average Bonchev–Trinajstić information content (AvgIpc) is 2.85. The molecule has 0 saturated carbocycles. The lowest BCUT2D eigenvalue weighted by Crippen LogP contribution is -2.19. The Kier molecular flexibility index (Phi) is 4.96. The van der Waals surface area contributed by atoms with E-state index in [-0.39, 0.29) is 5.91 Å². The van der Waals surface area contributed by atoms with Gasteiger partial charge in [0.2, 0.25) is 5.91 Å². The Morgan fingerprint density at radius 1 is 1.18 bits per heavy atom. The molecule has 0 spiro atoms. The zero-order valence-electron chi connectivity index (χ0n) is 13.8. The Morgan fingerprint density at radius 3 is 2.41 bits per heavy atom. The molecule has 22 heavy (non-hydrogen) atoms. The number of carbonyl (C=O) groups excluding carboxylic acids is 1. The van der Waals surface area contributed by atoms with Gasteiger partial charge in [-0.2, -0.15) is 0 Å². The van der Waals surface area contributed by atoms with E-state index in [4.69, 9.17) is 0 Å². The fourth-order valence-electron chi connectivity index (χ4n) is 2.27. The van der Waals surface area contributed by atoms with Crippen molar-refractivity contribution < 1.29 is 4.79 Å². The summed E-state index contributed by atoms with van der Waals surface area (Å²) in [6.07, 6.45) is 2.93. The van der Waals surface area contributed by atoms with E-state index in [0.29, 0.717) is 18.5 Å². The van der Waals surface area contributed by atoms with Crippen molar-refractivity contribution in [2.75, 3.05) is 0 Å². The van der Waals surface area contributed by atoms with Crippen LogP contribution in [0, 0.1) is 5.41 Å². The van der Waals surface area contributed by atoms with Crippen molar-refractivity contribution in [3.63, 3.8) is 0 Å². The van der Waals surface area contributed by atoms with Gasteiger partial charge in [0, 0.05) is 6.92 Å². The number of aromatic nitrogens is 3. The Bertz CT molecular complexity index is 623. The molecule has 1 amide bonds. The van der Waals surface area contributed by atoms with Crippen molar-refractivity contribution in [2.45, 2.75) is 47.2 Å². The number of hydrogen-bond donors (Lipinski definition) is 1. The van der Waals surface area contributed by atoms with E-state index in [2.05, 4.69) is 60.7 Å². The highest BCUT2D eigenvalue weighted by Gasteiger charge is 2.11. The van der Waals surface area contributed by atoms with Gasteiger partial charge in [-0.25, -0.2) is 4.68 Å². The van der Waals surface area contributed by atoms with E-state index in [1.165, 1.54) is 18.1 Å². The van der Waals surface area contributed by atoms with Gasteiger partial charge in [0.1, 0.15) is 5.69 Å². The van der Waals surface area contributed by atoms with Crippen LogP contribution in [0.3, 0.4) is 0 Å². The molecule has 2 aromatic rings. The maximum absolute atomic E-state index is 10.9. The quantitative estimate of drug-likeness (QED) is 0.923. The maximum Gasteiger partial charge on any atom is 0.217 e. The highest BCUT2D eigenvalue weighted by atomic mass is 16.1. The molecule has 1 aromatic heterocycles. The first-order valence-corrected chi connectivity index (χ1v) is 7.53. The van der Waals surface area contributed by atoms with Crippen molar-refractivity contribution in [2.24, 2.45) is 5.41 Å². The molecule has 5 nitrogen and oxygen atoms in total. The van der Waals surface area contributed by atoms with E-state index in [1.54, 1.807) is 4.68 Å². The molecule has 0 aliphatic carbocycles. The SMILES string of the molecule is CC(=O)NCc1cn(Cc2ccc(CC(C)(C)C)cc2)nn1. The number of benzene rings is 1. The number of hydrogen-bond acceptors (Lipinski definition) is 3. The molecule has 0 unspecified atom stereocenters. The summed E-state index contributed by atoms with van der Waals surface area (Å²) in [5.74, 6) is -0.0658. The molecular formula is C17H24N4O. The number of amides is 1. The highest BCUT2D eigenvalue weighted by molar-refractivity contribution is 5.72. The molecule has 0 radical (unpaired) electrons. The van der Waals surface area contributed by atoms with Gasteiger partial charge in [0.15, 0.2) is 0 Å². The third-order valence-electron chi connectivity index (χ3n) is 3.21. The third-order valence-corrected chi connectivity index (χ3v) is 3.21. The molecule has 1 heterocycles. The zero-order chi connectivity index (χ0) is 16.2. The summed E-state index contributed by atoms with van der Waals surface area (Å²) in [6.45, 7) is 9.32. The molecule has 0 saturated heterocycles. The lowest BCUT2D eigenvalue weighted by molar-refractivity contribution is -0.119. The Morgan fingerprint density at radius 2 is 1.82 bits per heavy atom. The second-order valence-electron chi connectivity index (χ2n) is 6.87. The van der Waals surface area contributed by atoms with Crippen LogP contribution in [0.5, 0.6) is 0 Å². The first kappa shape index (κ1) is 16.2. The Hall–Kier alpha value is -2.17. The van der Waals surface area contributed by atoms with Crippen LogP contribution in [0.4, 0.5) is 0 Å². The van der Waals surface area contributed by atoms with Crippen LogP contribution in [0.1, 0.15) is 44.5 Å². The first-order valence-electron chi connectivity index (χ1n) is 7.53. The minimum absolute atomic E-state index is 0.0658. The fourth-order valence-corrected chi connectivity index (χ4v) is 2.27. The van der Waals surface area contributed by atoms with Crippen LogP contribution in [0.2, 0.25) is 0 Å². The van der Waals surface area contributed by atoms with Crippen LogP contribution in [0.25, 0.3) is 0 Å². The van der Waals surface area contributed by atoms with Crippen LogP contribution in [0.15, 0.2) is 30.5 Å². The van der Waals surface area contributed by atoms with E-state index in [9.17, 15) is 4.79 Å². The van der Waals surface area contributed by atoms with Gasteiger partial charge < -0.3 is 5.32 Å². The van der Waals surface area contributed by atoms with Crippen LogP contribution >= 0.6 is 0 Å². The van der Waals surface area contributed by atoms with Gasteiger partial charge in [0.25, 0.3) is 0 Å². The Labute approximate surface area is 131 Å². The second-order valence-corrected chi connectivity index (χ2v) is 6.87. The van der Waals surface area contributed by atoms with Gasteiger partial charge in [-0.15, -0.1) is 5.10 Å². The molecule has 2 rings (SSSR count). The van der Waals surface area contributed by atoms with Crippen molar-refractivity contribution >= 4 is 5.91 Å². The maximum atomic E-state index is 10.9. The molecule has 0 fully saturated rings.